The van der Waals surface area contributed by atoms with Crippen LogP contribution < -0.4 is 9.64 Å². The molecule has 0 aliphatic heterocycles. The summed E-state index contributed by atoms with van der Waals surface area (Å²) in [4.78, 5) is 28.9. The number of amides is 2. The van der Waals surface area contributed by atoms with Gasteiger partial charge in [0.05, 0.1) is 10.2 Å². The van der Waals surface area contributed by atoms with E-state index in [4.69, 9.17) is 11.2 Å². The minimum atomic E-state index is -0.348. The predicted octanol–water partition coefficient (Wildman–Crippen LogP) is 3.87. The first-order chi connectivity index (χ1) is 12.5. The number of anilines is 1. The van der Waals surface area contributed by atoms with Crippen LogP contribution in [-0.2, 0) is 9.59 Å². The Morgan fingerprint density at radius 2 is 1.77 bits per heavy atom. The molecule has 130 valence electrons. The number of rotatable bonds is 4. The fourth-order valence-electron chi connectivity index (χ4n) is 2.55. The van der Waals surface area contributed by atoms with Gasteiger partial charge in [-0.1, -0.05) is 35.5 Å². The van der Waals surface area contributed by atoms with E-state index in [1.54, 1.807) is 0 Å². The Balaban J connectivity index is 1.93. The van der Waals surface area contributed by atoms with E-state index in [9.17, 15) is 9.59 Å². The summed E-state index contributed by atoms with van der Waals surface area (Å²) >= 11 is 1.31. The number of imide groups is 1. The molecule has 0 radical (unpaired) electrons. The van der Waals surface area contributed by atoms with Gasteiger partial charge in [-0.15, -0.1) is 6.42 Å². The van der Waals surface area contributed by atoms with Gasteiger partial charge in [-0.05, 0) is 35.4 Å². The summed E-state index contributed by atoms with van der Waals surface area (Å²) in [5, 5.41) is 0.384. The maximum absolute atomic E-state index is 11.7. The van der Waals surface area contributed by atoms with Crippen LogP contribution in [0.1, 0.15) is 13.8 Å². The lowest BCUT2D eigenvalue weighted by Crippen LogP contribution is -2.32. The molecule has 1 aromatic heterocycles. The number of carbonyl (C=O) groups excluding carboxylic acids is 2. The second-order valence-corrected chi connectivity index (χ2v) is 6.58. The molecule has 26 heavy (non-hydrogen) atoms. The number of aromatic nitrogens is 1. The van der Waals surface area contributed by atoms with E-state index in [2.05, 4.69) is 10.9 Å². The van der Waals surface area contributed by atoms with E-state index >= 15 is 0 Å². The zero-order valence-corrected chi connectivity index (χ0v) is 15.2. The Morgan fingerprint density at radius 3 is 2.38 bits per heavy atom. The first kappa shape index (κ1) is 17.6. The molecule has 0 spiro atoms. The van der Waals surface area contributed by atoms with Crippen molar-refractivity contribution in [1.82, 2.24) is 4.98 Å². The van der Waals surface area contributed by atoms with Crippen LogP contribution in [0.3, 0.4) is 0 Å². The maximum Gasteiger partial charge on any atom is 0.232 e. The normalized spacial score (nSPS) is 10.3. The number of thiazole rings is 1. The molecular formula is C20H16N2O3S. The molecule has 3 rings (SSSR count). The second kappa shape index (κ2) is 7.38. The minimum absolute atomic E-state index is 0.234. The van der Waals surface area contributed by atoms with Gasteiger partial charge in [0, 0.05) is 13.8 Å². The minimum Gasteiger partial charge on any atom is -0.481 e. The van der Waals surface area contributed by atoms with E-state index in [0.717, 1.165) is 26.2 Å². The third-order valence-electron chi connectivity index (χ3n) is 3.71. The largest absolute Gasteiger partial charge is 0.481 e. The molecule has 0 bridgehead atoms. The van der Waals surface area contributed by atoms with Gasteiger partial charge in [0.25, 0.3) is 0 Å². The van der Waals surface area contributed by atoms with Crippen molar-refractivity contribution < 1.29 is 14.3 Å². The topological polar surface area (TPSA) is 59.5 Å². The van der Waals surface area contributed by atoms with E-state index < -0.39 is 0 Å². The van der Waals surface area contributed by atoms with Gasteiger partial charge in [-0.25, -0.2) is 9.88 Å². The Kier molecular flexibility index (Phi) is 5.01. The lowest BCUT2D eigenvalue weighted by Gasteiger charge is -2.12. The molecule has 0 N–H and O–H groups in total. The molecular weight excluding hydrogens is 348 g/mol. The standard InChI is InChI=1S/C20H16N2O3S/c1-4-11-25-17-8-5-15(6-9-17)16-7-10-18-19(12-16)26-20(21-18)22(13(2)23)14(3)24/h1,5-10,12H,11H2,2-3H3. The number of benzene rings is 2. The van der Waals surface area contributed by atoms with Crippen LogP contribution in [0.5, 0.6) is 5.75 Å². The van der Waals surface area contributed by atoms with Gasteiger partial charge >= 0.3 is 0 Å². The monoisotopic (exact) mass is 364 g/mol. The van der Waals surface area contributed by atoms with Crippen LogP contribution in [-0.4, -0.2) is 23.4 Å². The van der Waals surface area contributed by atoms with Gasteiger partial charge in [-0.3, -0.25) is 9.59 Å². The van der Waals surface area contributed by atoms with Crippen molar-refractivity contribution >= 4 is 38.5 Å². The predicted molar refractivity (Wildman–Crippen MR) is 103 cm³/mol. The molecule has 0 unspecified atom stereocenters. The number of terminal acetylenes is 1. The van der Waals surface area contributed by atoms with Crippen LogP contribution >= 0.6 is 11.3 Å². The van der Waals surface area contributed by atoms with Crippen molar-refractivity contribution in [2.45, 2.75) is 13.8 Å². The SMILES string of the molecule is C#CCOc1ccc(-c2ccc3nc(N(C(C)=O)C(C)=O)sc3c2)cc1. The van der Waals surface area contributed by atoms with Crippen LogP contribution in [0.25, 0.3) is 21.3 Å². The van der Waals surface area contributed by atoms with E-state index in [-0.39, 0.29) is 18.4 Å². The highest BCUT2D eigenvalue weighted by atomic mass is 32.1. The summed E-state index contributed by atoms with van der Waals surface area (Å²) in [6.07, 6.45) is 5.19. The van der Waals surface area contributed by atoms with Gasteiger partial charge < -0.3 is 4.74 Å². The number of carbonyl (C=O) groups is 2. The fraction of sp³-hybridized carbons (Fsp3) is 0.150. The summed E-state index contributed by atoms with van der Waals surface area (Å²) in [6.45, 7) is 2.93. The van der Waals surface area contributed by atoms with Crippen molar-refractivity contribution in [3.05, 3.63) is 42.5 Å². The lowest BCUT2D eigenvalue weighted by atomic mass is 10.1. The molecule has 0 aliphatic carbocycles. The van der Waals surface area contributed by atoms with Crippen LogP contribution in [0.15, 0.2) is 42.5 Å². The highest BCUT2D eigenvalue weighted by Crippen LogP contribution is 2.33. The summed E-state index contributed by atoms with van der Waals surface area (Å²) in [5.74, 6) is 2.45. The Hall–Kier alpha value is -3.17. The van der Waals surface area contributed by atoms with Gasteiger partial charge in [0.2, 0.25) is 11.8 Å². The number of ether oxygens (including phenoxy) is 1. The first-order valence-corrected chi connectivity index (χ1v) is 8.70. The van der Waals surface area contributed by atoms with E-state index in [1.165, 1.54) is 25.2 Å². The zero-order valence-electron chi connectivity index (χ0n) is 14.4. The van der Waals surface area contributed by atoms with Crippen molar-refractivity contribution in [3.63, 3.8) is 0 Å². The first-order valence-electron chi connectivity index (χ1n) is 7.88. The van der Waals surface area contributed by atoms with Gasteiger partial charge in [0.1, 0.15) is 12.4 Å². The average molecular weight is 364 g/mol. The molecule has 2 amide bonds. The van der Waals surface area contributed by atoms with Gasteiger partial charge in [-0.2, -0.15) is 0 Å². The quantitative estimate of drug-likeness (QED) is 0.659. The third-order valence-corrected chi connectivity index (χ3v) is 4.71. The molecule has 1 heterocycles. The second-order valence-electron chi connectivity index (χ2n) is 5.57. The smallest absolute Gasteiger partial charge is 0.232 e. The zero-order chi connectivity index (χ0) is 18.7. The maximum atomic E-state index is 11.7. The van der Waals surface area contributed by atoms with Crippen molar-refractivity contribution in [2.24, 2.45) is 0 Å². The number of hydrogen-bond donors (Lipinski definition) is 0. The molecule has 0 aliphatic rings. The summed E-state index contributed by atoms with van der Waals surface area (Å²) < 4.78 is 6.28. The molecule has 3 aromatic rings. The molecule has 0 saturated carbocycles. The molecule has 6 heteroatoms. The molecule has 0 atom stereocenters. The Morgan fingerprint density at radius 1 is 1.12 bits per heavy atom. The summed E-state index contributed by atoms with van der Waals surface area (Å²) in [5.41, 5.74) is 2.77. The molecule has 2 aromatic carbocycles. The third kappa shape index (κ3) is 3.58. The number of hydrogen-bond acceptors (Lipinski definition) is 5. The number of nitrogens with zero attached hydrogens (tertiary/aromatic N) is 2. The van der Waals surface area contributed by atoms with Crippen LogP contribution in [0, 0.1) is 12.3 Å². The van der Waals surface area contributed by atoms with Crippen molar-refractivity contribution in [1.29, 1.82) is 0 Å². The summed E-state index contributed by atoms with van der Waals surface area (Å²) in [6, 6.07) is 13.5. The van der Waals surface area contributed by atoms with E-state index in [0.29, 0.717) is 10.9 Å². The number of fused-ring (bicyclic) bond motifs is 1. The fourth-order valence-corrected chi connectivity index (χ4v) is 3.64. The van der Waals surface area contributed by atoms with Crippen LogP contribution in [0.2, 0.25) is 0 Å². The van der Waals surface area contributed by atoms with Crippen molar-refractivity contribution in [2.75, 3.05) is 11.5 Å². The molecule has 5 nitrogen and oxygen atoms in total. The highest BCUT2D eigenvalue weighted by molar-refractivity contribution is 7.22. The highest BCUT2D eigenvalue weighted by Gasteiger charge is 2.20. The van der Waals surface area contributed by atoms with Crippen LogP contribution in [0.4, 0.5) is 5.13 Å². The van der Waals surface area contributed by atoms with Gasteiger partial charge in [0.15, 0.2) is 5.13 Å². The lowest BCUT2D eigenvalue weighted by molar-refractivity contribution is -0.124. The molecule has 0 fully saturated rings. The Bertz CT molecular complexity index is 1000. The van der Waals surface area contributed by atoms with E-state index in [1.807, 2.05) is 42.5 Å². The molecule has 0 saturated heterocycles. The summed E-state index contributed by atoms with van der Waals surface area (Å²) in [7, 11) is 0. The average Bonchev–Trinajstić information content (AvgIpc) is 3.02. The Labute approximate surface area is 155 Å². The van der Waals surface area contributed by atoms with Crippen molar-refractivity contribution in [3.8, 4) is 29.2 Å².